The highest BCUT2D eigenvalue weighted by atomic mass is 16.2. The molecule has 4 rings (SSSR count). The van der Waals surface area contributed by atoms with Gasteiger partial charge in [0.1, 0.15) is 6.54 Å². The van der Waals surface area contributed by atoms with Crippen molar-refractivity contribution in [1.29, 1.82) is 0 Å². The SMILES string of the molecule is Cc1cccc2c(=O)n(CC(=O)Nc3ccccc3N3CCCC3)cnc12. The maximum absolute atomic E-state index is 12.7. The Labute approximate surface area is 157 Å². The largest absolute Gasteiger partial charge is 0.370 e. The van der Waals surface area contributed by atoms with Gasteiger partial charge in [-0.15, -0.1) is 0 Å². The van der Waals surface area contributed by atoms with Crippen molar-refractivity contribution in [3.05, 3.63) is 64.7 Å². The van der Waals surface area contributed by atoms with Crippen LogP contribution in [-0.2, 0) is 11.3 Å². The third-order valence-corrected chi connectivity index (χ3v) is 4.99. The molecule has 0 radical (unpaired) electrons. The first kappa shape index (κ1) is 17.3. The first-order chi connectivity index (χ1) is 13.1. The zero-order valence-electron chi connectivity index (χ0n) is 15.3. The van der Waals surface area contributed by atoms with E-state index in [1.165, 1.54) is 23.7 Å². The Morgan fingerprint density at radius 2 is 1.89 bits per heavy atom. The summed E-state index contributed by atoms with van der Waals surface area (Å²) < 4.78 is 1.36. The van der Waals surface area contributed by atoms with Crippen molar-refractivity contribution in [3.8, 4) is 0 Å². The summed E-state index contributed by atoms with van der Waals surface area (Å²) >= 11 is 0. The zero-order chi connectivity index (χ0) is 18.8. The number of carbonyl (C=O) groups excluding carboxylic acids is 1. The van der Waals surface area contributed by atoms with Crippen LogP contribution < -0.4 is 15.8 Å². The number of benzene rings is 2. The third kappa shape index (κ3) is 3.43. The van der Waals surface area contributed by atoms with Crippen molar-refractivity contribution in [2.45, 2.75) is 26.3 Å². The van der Waals surface area contributed by atoms with Crippen LogP contribution in [0.5, 0.6) is 0 Å². The molecule has 1 amide bonds. The fourth-order valence-electron chi connectivity index (χ4n) is 3.61. The quantitative estimate of drug-likeness (QED) is 0.775. The first-order valence-electron chi connectivity index (χ1n) is 9.22. The molecule has 1 saturated heterocycles. The van der Waals surface area contributed by atoms with Gasteiger partial charge in [0.15, 0.2) is 0 Å². The highest BCUT2D eigenvalue weighted by molar-refractivity contribution is 5.94. The minimum atomic E-state index is -0.238. The van der Waals surface area contributed by atoms with E-state index in [0.717, 1.165) is 30.0 Å². The van der Waals surface area contributed by atoms with Gasteiger partial charge >= 0.3 is 0 Å². The van der Waals surface area contributed by atoms with E-state index in [-0.39, 0.29) is 18.0 Å². The summed E-state index contributed by atoms with van der Waals surface area (Å²) in [6, 6.07) is 13.3. The molecule has 1 N–H and O–H groups in total. The molecule has 1 aliphatic heterocycles. The second kappa shape index (κ2) is 7.23. The van der Waals surface area contributed by atoms with Crippen LogP contribution >= 0.6 is 0 Å². The molecule has 138 valence electrons. The smallest absolute Gasteiger partial charge is 0.261 e. The minimum absolute atomic E-state index is 0.0654. The van der Waals surface area contributed by atoms with Crippen LogP contribution in [0.3, 0.4) is 0 Å². The van der Waals surface area contributed by atoms with Gasteiger partial charge in [-0.3, -0.25) is 14.2 Å². The fraction of sp³-hybridized carbons (Fsp3) is 0.286. The number of nitrogens with zero attached hydrogens (tertiary/aromatic N) is 3. The van der Waals surface area contributed by atoms with Crippen LogP contribution in [0.2, 0.25) is 0 Å². The maximum Gasteiger partial charge on any atom is 0.261 e. The number of para-hydroxylation sites is 3. The van der Waals surface area contributed by atoms with E-state index in [0.29, 0.717) is 10.9 Å². The third-order valence-electron chi connectivity index (χ3n) is 4.99. The number of hydrogen-bond acceptors (Lipinski definition) is 4. The Morgan fingerprint density at radius 3 is 2.70 bits per heavy atom. The summed E-state index contributed by atoms with van der Waals surface area (Å²) in [5, 5.41) is 3.48. The number of aromatic nitrogens is 2. The van der Waals surface area contributed by atoms with Crippen molar-refractivity contribution in [2.24, 2.45) is 0 Å². The van der Waals surface area contributed by atoms with Crippen molar-refractivity contribution < 1.29 is 4.79 Å². The molecule has 3 aromatic rings. The van der Waals surface area contributed by atoms with Gasteiger partial charge < -0.3 is 10.2 Å². The fourth-order valence-corrected chi connectivity index (χ4v) is 3.61. The lowest BCUT2D eigenvalue weighted by atomic mass is 10.1. The van der Waals surface area contributed by atoms with Crippen LogP contribution in [0, 0.1) is 6.92 Å². The molecule has 0 unspecified atom stereocenters. The Balaban J connectivity index is 1.56. The molecule has 1 fully saturated rings. The molecule has 2 aromatic carbocycles. The lowest BCUT2D eigenvalue weighted by molar-refractivity contribution is -0.116. The van der Waals surface area contributed by atoms with Crippen molar-refractivity contribution in [3.63, 3.8) is 0 Å². The number of amides is 1. The molecular formula is C21H22N4O2. The molecule has 27 heavy (non-hydrogen) atoms. The van der Waals surface area contributed by atoms with Gasteiger partial charge in [-0.05, 0) is 43.5 Å². The average molecular weight is 362 g/mol. The average Bonchev–Trinajstić information content (AvgIpc) is 3.19. The van der Waals surface area contributed by atoms with Gasteiger partial charge in [0.05, 0.1) is 28.6 Å². The summed E-state index contributed by atoms with van der Waals surface area (Å²) in [6.07, 6.45) is 3.78. The van der Waals surface area contributed by atoms with Gasteiger partial charge in [-0.2, -0.15) is 0 Å². The number of hydrogen-bond donors (Lipinski definition) is 1. The molecule has 0 bridgehead atoms. The molecule has 6 heteroatoms. The van der Waals surface area contributed by atoms with E-state index in [9.17, 15) is 9.59 Å². The molecule has 0 aliphatic carbocycles. The maximum atomic E-state index is 12.7. The standard InChI is InChI=1S/C21H22N4O2/c1-15-7-6-8-16-20(15)22-14-25(21(16)27)13-19(26)23-17-9-2-3-10-18(17)24-11-4-5-12-24/h2-3,6-10,14H,4-5,11-13H2,1H3,(H,23,26). The number of anilines is 2. The van der Waals surface area contributed by atoms with Crippen molar-refractivity contribution in [1.82, 2.24) is 9.55 Å². The van der Waals surface area contributed by atoms with Gasteiger partial charge in [-0.25, -0.2) is 4.98 Å². The summed E-state index contributed by atoms with van der Waals surface area (Å²) in [6.45, 7) is 3.85. The predicted molar refractivity (Wildman–Crippen MR) is 107 cm³/mol. The van der Waals surface area contributed by atoms with Crippen LogP contribution in [-0.4, -0.2) is 28.5 Å². The monoisotopic (exact) mass is 362 g/mol. The van der Waals surface area contributed by atoms with Gasteiger partial charge in [0, 0.05) is 13.1 Å². The van der Waals surface area contributed by atoms with Gasteiger partial charge in [0.25, 0.3) is 5.56 Å². The number of aryl methyl sites for hydroxylation is 1. The zero-order valence-corrected chi connectivity index (χ0v) is 15.3. The molecule has 0 atom stereocenters. The van der Waals surface area contributed by atoms with E-state index in [1.807, 2.05) is 43.3 Å². The summed E-state index contributed by atoms with van der Waals surface area (Å²) in [4.78, 5) is 31.9. The molecule has 6 nitrogen and oxygen atoms in total. The lowest BCUT2D eigenvalue weighted by Gasteiger charge is -2.21. The number of fused-ring (bicyclic) bond motifs is 1. The second-order valence-corrected chi connectivity index (χ2v) is 6.91. The van der Waals surface area contributed by atoms with Crippen LogP contribution in [0.25, 0.3) is 10.9 Å². The number of carbonyl (C=O) groups is 1. The summed E-state index contributed by atoms with van der Waals surface area (Å²) in [7, 11) is 0. The topological polar surface area (TPSA) is 67.2 Å². The minimum Gasteiger partial charge on any atom is -0.370 e. The Morgan fingerprint density at radius 1 is 1.11 bits per heavy atom. The molecule has 1 aliphatic rings. The van der Waals surface area contributed by atoms with E-state index in [1.54, 1.807) is 6.07 Å². The number of rotatable bonds is 4. The van der Waals surface area contributed by atoms with Gasteiger partial charge in [0.2, 0.25) is 5.91 Å². The molecule has 0 saturated carbocycles. The van der Waals surface area contributed by atoms with E-state index in [4.69, 9.17) is 0 Å². The Hall–Kier alpha value is -3.15. The normalized spacial score (nSPS) is 13.9. The first-order valence-corrected chi connectivity index (χ1v) is 9.22. The van der Waals surface area contributed by atoms with E-state index < -0.39 is 0 Å². The van der Waals surface area contributed by atoms with Crippen LogP contribution in [0.4, 0.5) is 11.4 Å². The molecule has 1 aromatic heterocycles. The molecule has 0 spiro atoms. The Kier molecular flexibility index (Phi) is 4.62. The van der Waals surface area contributed by atoms with Crippen LogP contribution in [0.15, 0.2) is 53.6 Å². The lowest BCUT2D eigenvalue weighted by Crippen LogP contribution is -2.28. The highest BCUT2D eigenvalue weighted by Gasteiger charge is 2.17. The van der Waals surface area contributed by atoms with Crippen molar-refractivity contribution >= 4 is 28.2 Å². The summed E-state index contributed by atoms with van der Waals surface area (Å²) in [5.41, 5.74) is 3.23. The van der Waals surface area contributed by atoms with Crippen LogP contribution in [0.1, 0.15) is 18.4 Å². The predicted octanol–water partition coefficient (Wildman–Crippen LogP) is 2.94. The Bertz CT molecular complexity index is 1050. The number of nitrogens with one attached hydrogen (secondary N) is 1. The van der Waals surface area contributed by atoms with Crippen molar-refractivity contribution in [2.75, 3.05) is 23.3 Å². The molecule has 2 heterocycles. The highest BCUT2D eigenvalue weighted by Crippen LogP contribution is 2.28. The van der Waals surface area contributed by atoms with Gasteiger partial charge in [-0.1, -0.05) is 24.3 Å². The van der Waals surface area contributed by atoms with E-state index in [2.05, 4.69) is 15.2 Å². The van der Waals surface area contributed by atoms with E-state index >= 15 is 0 Å². The summed E-state index contributed by atoms with van der Waals surface area (Å²) in [5.74, 6) is -0.238. The second-order valence-electron chi connectivity index (χ2n) is 6.91. The molecular weight excluding hydrogens is 340 g/mol.